The summed E-state index contributed by atoms with van der Waals surface area (Å²) < 4.78 is 10.2. The lowest BCUT2D eigenvalue weighted by molar-refractivity contribution is -0.127. The van der Waals surface area contributed by atoms with Crippen molar-refractivity contribution in [2.24, 2.45) is 0 Å². The first-order valence-electron chi connectivity index (χ1n) is 8.08. The lowest BCUT2D eigenvalue weighted by Gasteiger charge is -2.20. The van der Waals surface area contributed by atoms with Gasteiger partial charge in [0.15, 0.2) is 5.76 Å². The monoisotopic (exact) mass is 342 g/mol. The number of carbonyl (C=O) groups excluding carboxylic acids is 2. The number of rotatable bonds is 7. The second-order valence-electron chi connectivity index (χ2n) is 5.24. The number of carbonyl (C=O) groups is 2. The number of hydrogen-bond acceptors (Lipinski definition) is 4. The number of nitrogens with one attached hydrogen (secondary N) is 1. The summed E-state index contributed by atoms with van der Waals surface area (Å²) in [5.74, 6) is 0.146. The maximum absolute atomic E-state index is 12.7. The Balaban J connectivity index is 2.31. The van der Waals surface area contributed by atoms with Gasteiger partial charge >= 0.3 is 0 Å². The fraction of sp³-hybridized carbons (Fsp3) is 0.263. The largest absolute Gasteiger partial charge is 0.497 e. The molecule has 0 unspecified atom stereocenters. The van der Waals surface area contributed by atoms with Crippen molar-refractivity contribution >= 4 is 17.9 Å². The van der Waals surface area contributed by atoms with Gasteiger partial charge in [0.05, 0.1) is 13.4 Å². The Morgan fingerprint density at radius 1 is 1.16 bits per heavy atom. The molecule has 6 heteroatoms. The van der Waals surface area contributed by atoms with Crippen molar-refractivity contribution in [2.45, 2.75) is 13.8 Å². The van der Waals surface area contributed by atoms with E-state index in [0.29, 0.717) is 18.8 Å². The highest BCUT2D eigenvalue weighted by molar-refractivity contribution is 6.04. The fourth-order valence-electron chi connectivity index (χ4n) is 2.29. The second kappa shape index (κ2) is 8.73. The normalized spacial score (nSPS) is 11.1. The number of nitrogens with zero attached hydrogens (tertiary/aromatic N) is 1. The molecule has 0 aliphatic carbocycles. The minimum Gasteiger partial charge on any atom is -0.497 e. The van der Waals surface area contributed by atoms with Crippen LogP contribution in [0.15, 0.2) is 52.8 Å². The highest BCUT2D eigenvalue weighted by atomic mass is 16.5. The average Bonchev–Trinajstić information content (AvgIpc) is 3.17. The van der Waals surface area contributed by atoms with Gasteiger partial charge in [-0.3, -0.25) is 9.59 Å². The zero-order valence-electron chi connectivity index (χ0n) is 14.6. The van der Waals surface area contributed by atoms with E-state index >= 15 is 0 Å². The average molecular weight is 342 g/mol. The van der Waals surface area contributed by atoms with Crippen LogP contribution in [0.5, 0.6) is 5.75 Å². The van der Waals surface area contributed by atoms with Crippen LogP contribution in [0.4, 0.5) is 0 Å². The lowest BCUT2D eigenvalue weighted by Crippen LogP contribution is -2.38. The molecule has 0 aliphatic heterocycles. The predicted molar refractivity (Wildman–Crippen MR) is 95.1 cm³/mol. The van der Waals surface area contributed by atoms with Gasteiger partial charge in [0.2, 0.25) is 0 Å². The van der Waals surface area contributed by atoms with Crippen LogP contribution in [0.3, 0.4) is 0 Å². The Morgan fingerprint density at radius 2 is 1.84 bits per heavy atom. The van der Waals surface area contributed by atoms with Crippen LogP contribution in [0.25, 0.3) is 6.08 Å². The summed E-state index contributed by atoms with van der Waals surface area (Å²) >= 11 is 0. The molecule has 0 saturated heterocycles. The number of amides is 2. The predicted octanol–water partition coefficient (Wildman–Crippen LogP) is 2.93. The van der Waals surface area contributed by atoms with Crippen molar-refractivity contribution in [2.75, 3.05) is 20.2 Å². The number of hydrogen-bond donors (Lipinski definition) is 1. The second-order valence-corrected chi connectivity index (χ2v) is 5.24. The van der Waals surface area contributed by atoms with E-state index in [1.54, 1.807) is 42.4 Å². The molecule has 2 rings (SSSR count). The maximum Gasteiger partial charge on any atom is 0.291 e. The molecule has 25 heavy (non-hydrogen) atoms. The van der Waals surface area contributed by atoms with Crippen LogP contribution in [-0.2, 0) is 4.79 Å². The van der Waals surface area contributed by atoms with Gasteiger partial charge in [-0.2, -0.15) is 0 Å². The standard InChI is InChI=1S/C19H22N2O4/c1-4-21(5-2)19(23)16(20-18(22)17-7-6-12-25-17)13-14-8-10-15(24-3)11-9-14/h6-13H,4-5H2,1-3H3,(H,20,22). The molecule has 0 aliphatic rings. The summed E-state index contributed by atoms with van der Waals surface area (Å²) in [6.45, 7) is 4.87. The number of benzene rings is 1. The van der Waals surface area contributed by atoms with Crippen molar-refractivity contribution in [3.63, 3.8) is 0 Å². The molecule has 2 amide bonds. The molecule has 1 aromatic carbocycles. The van der Waals surface area contributed by atoms with Gasteiger partial charge < -0.3 is 19.4 Å². The van der Waals surface area contributed by atoms with Gasteiger partial charge in [-0.1, -0.05) is 12.1 Å². The zero-order valence-corrected chi connectivity index (χ0v) is 14.6. The zero-order chi connectivity index (χ0) is 18.2. The fourth-order valence-corrected chi connectivity index (χ4v) is 2.29. The van der Waals surface area contributed by atoms with Crippen molar-refractivity contribution < 1.29 is 18.7 Å². The first-order valence-corrected chi connectivity index (χ1v) is 8.08. The first kappa shape index (κ1) is 18.3. The minimum atomic E-state index is -0.467. The van der Waals surface area contributed by atoms with Crippen molar-refractivity contribution in [1.82, 2.24) is 10.2 Å². The number of furan rings is 1. The molecule has 2 aromatic rings. The SMILES string of the molecule is CCN(CC)C(=O)C(=Cc1ccc(OC)cc1)NC(=O)c1ccco1. The van der Waals surface area contributed by atoms with E-state index in [1.807, 2.05) is 26.0 Å². The summed E-state index contributed by atoms with van der Waals surface area (Å²) in [6.07, 6.45) is 3.05. The molecular formula is C19H22N2O4. The molecule has 0 fully saturated rings. The Kier molecular flexibility index (Phi) is 6.39. The number of likely N-dealkylation sites (N-methyl/N-ethyl adjacent to an activating group) is 1. The van der Waals surface area contributed by atoms with E-state index in [-0.39, 0.29) is 17.4 Å². The van der Waals surface area contributed by atoms with E-state index in [1.165, 1.54) is 6.26 Å². The van der Waals surface area contributed by atoms with Crippen LogP contribution in [-0.4, -0.2) is 36.9 Å². The van der Waals surface area contributed by atoms with E-state index in [0.717, 1.165) is 5.56 Å². The topological polar surface area (TPSA) is 71.8 Å². The summed E-state index contributed by atoms with van der Waals surface area (Å²) in [5.41, 5.74) is 0.964. The smallest absolute Gasteiger partial charge is 0.291 e. The quantitative estimate of drug-likeness (QED) is 0.785. The molecule has 0 radical (unpaired) electrons. The molecular weight excluding hydrogens is 320 g/mol. The molecule has 0 bridgehead atoms. The first-order chi connectivity index (χ1) is 12.1. The Morgan fingerprint density at radius 3 is 2.36 bits per heavy atom. The maximum atomic E-state index is 12.7. The van der Waals surface area contributed by atoms with Crippen LogP contribution in [0, 0.1) is 0 Å². The summed E-state index contributed by atoms with van der Waals surface area (Å²) in [5, 5.41) is 2.65. The highest BCUT2D eigenvalue weighted by Gasteiger charge is 2.19. The molecule has 1 heterocycles. The summed E-state index contributed by atoms with van der Waals surface area (Å²) in [6, 6.07) is 10.4. The van der Waals surface area contributed by atoms with Gasteiger partial charge in [-0.15, -0.1) is 0 Å². The number of methoxy groups -OCH3 is 1. The minimum absolute atomic E-state index is 0.146. The molecule has 0 atom stereocenters. The van der Waals surface area contributed by atoms with Crippen molar-refractivity contribution in [1.29, 1.82) is 0 Å². The Labute approximate surface area is 147 Å². The molecule has 1 N–H and O–H groups in total. The third kappa shape index (κ3) is 4.73. The molecule has 132 valence electrons. The third-order valence-electron chi connectivity index (χ3n) is 3.70. The number of ether oxygens (including phenoxy) is 1. The van der Waals surface area contributed by atoms with Gasteiger partial charge in [0.25, 0.3) is 11.8 Å². The van der Waals surface area contributed by atoms with E-state index in [4.69, 9.17) is 9.15 Å². The van der Waals surface area contributed by atoms with Gasteiger partial charge in [-0.05, 0) is 49.8 Å². The molecule has 1 aromatic heterocycles. The van der Waals surface area contributed by atoms with Crippen LogP contribution in [0.1, 0.15) is 30.0 Å². The lowest BCUT2D eigenvalue weighted by atomic mass is 10.1. The Bertz CT molecular complexity index is 729. The van der Waals surface area contributed by atoms with E-state index in [2.05, 4.69) is 5.32 Å². The van der Waals surface area contributed by atoms with Gasteiger partial charge in [0, 0.05) is 13.1 Å². The molecule has 0 spiro atoms. The Hall–Kier alpha value is -3.02. The van der Waals surface area contributed by atoms with Gasteiger partial charge in [-0.25, -0.2) is 0 Å². The summed E-state index contributed by atoms with van der Waals surface area (Å²) in [4.78, 5) is 26.6. The molecule has 0 saturated carbocycles. The molecule has 6 nitrogen and oxygen atoms in total. The van der Waals surface area contributed by atoms with E-state index in [9.17, 15) is 9.59 Å². The van der Waals surface area contributed by atoms with Crippen molar-refractivity contribution in [3.8, 4) is 5.75 Å². The van der Waals surface area contributed by atoms with Crippen LogP contribution >= 0.6 is 0 Å². The van der Waals surface area contributed by atoms with Crippen molar-refractivity contribution in [3.05, 3.63) is 59.7 Å². The van der Waals surface area contributed by atoms with Crippen LogP contribution in [0.2, 0.25) is 0 Å². The van der Waals surface area contributed by atoms with Gasteiger partial charge in [0.1, 0.15) is 11.4 Å². The third-order valence-corrected chi connectivity index (χ3v) is 3.70. The highest BCUT2D eigenvalue weighted by Crippen LogP contribution is 2.15. The summed E-state index contributed by atoms with van der Waals surface area (Å²) in [7, 11) is 1.59. The van der Waals surface area contributed by atoms with Crippen LogP contribution < -0.4 is 10.1 Å². The van der Waals surface area contributed by atoms with E-state index < -0.39 is 5.91 Å².